The van der Waals surface area contributed by atoms with E-state index in [2.05, 4.69) is 0 Å². The predicted molar refractivity (Wildman–Crippen MR) is 126 cm³/mol. The molecule has 2 aliphatic rings. The van der Waals surface area contributed by atoms with Gasteiger partial charge in [-0.05, 0) is 24.6 Å². The number of hydrogen-bond donors (Lipinski definition) is 6. The van der Waals surface area contributed by atoms with E-state index in [0.29, 0.717) is 11.1 Å². The SMILES string of the molecule is C/C=C1\C(OC2O[C@H](O)[C@@H](O)[C@H](O)[C@H]2CO)OC=C(C(=O)OC)C1CC(=O)OCCc1ccc(O)c(O)c1. The smallest absolute Gasteiger partial charge is 0.337 e. The summed E-state index contributed by atoms with van der Waals surface area (Å²) < 4.78 is 26.6. The van der Waals surface area contributed by atoms with E-state index in [9.17, 15) is 40.2 Å². The number of hydrogen-bond acceptors (Lipinski definition) is 13. The Balaban J connectivity index is 1.72. The Labute approximate surface area is 218 Å². The minimum absolute atomic E-state index is 0.0135. The van der Waals surface area contributed by atoms with Crippen molar-refractivity contribution in [2.75, 3.05) is 20.3 Å². The molecule has 210 valence electrons. The second-order valence-corrected chi connectivity index (χ2v) is 8.73. The van der Waals surface area contributed by atoms with E-state index in [4.69, 9.17) is 23.7 Å². The van der Waals surface area contributed by atoms with E-state index >= 15 is 0 Å². The fourth-order valence-electron chi connectivity index (χ4n) is 4.21. The van der Waals surface area contributed by atoms with Crippen molar-refractivity contribution in [3.05, 3.63) is 47.2 Å². The number of aromatic hydroxyl groups is 2. The van der Waals surface area contributed by atoms with E-state index in [-0.39, 0.29) is 36.5 Å². The summed E-state index contributed by atoms with van der Waals surface area (Å²) in [6.45, 7) is 0.926. The van der Waals surface area contributed by atoms with Crippen molar-refractivity contribution in [1.29, 1.82) is 0 Å². The van der Waals surface area contributed by atoms with E-state index in [0.717, 1.165) is 6.26 Å². The molecule has 0 amide bonds. The Morgan fingerprint density at radius 3 is 2.47 bits per heavy atom. The number of methoxy groups -OCH3 is 1. The first-order valence-corrected chi connectivity index (χ1v) is 11.8. The van der Waals surface area contributed by atoms with Crippen LogP contribution in [0.5, 0.6) is 11.5 Å². The summed E-state index contributed by atoms with van der Waals surface area (Å²) in [4.78, 5) is 25.1. The number of carbonyl (C=O) groups is 2. The standard InChI is InChI=1S/C25H32O13/c1-3-13-14(9-19(29)35-7-6-12-4-5-17(27)18(28)8-12)16(22(32)34-2)11-36-24(13)38-25-15(10-26)20(30)21(31)23(33)37-25/h3-5,8,11,14-15,20-21,23-28,30-31,33H,6-7,9-10H2,1-2H3/b13-3-/t14?,15-,20-,21+,23+,24?,25?/m1/s1. The number of phenolic OH excluding ortho intramolecular Hbond substituents is 2. The van der Waals surface area contributed by atoms with Crippen molar-refractivity contribution >= 4 is 11.9 Å². The van der Waals surface area contributed by atoms with Crippen LogP contribution in [0.25, 0.3) is 0 Å². The lowest BCUT2D eigenvalue weighted by Crippen LogP contribution is -2.57. The number of phenols is 2. The quantitative estimate of drug-likeness (QED) is 0.134. The molecule has 0 spiro atoms. The van der Waals surface area contributed by atoms with Gasteiger partial charge in [0.05, 0.1) is 50.6 Å². The van der Waals surface area contributed by atoms with Crippen LogP contribution >= 0.6 is 0 Å². The monoisotopic (exact) mass is 540 g/mol. The molecule has 1 aromatic rings. The fourth-order valence-corrected chi connectivity index (χ4v) is 4.21. The highest BCUT2D eigenvalue weighted by atomic mass is 16.8. The number of esters is 2. The third-order valence-electron chi connectivity index (χ3n) is 6.36. The van der Waals surface area contributed by atoms with E-state index in [1.54, 1.807) is 19.1 Å². The first kappa shape index (κ1) is 29.4. The predicted octanol–water partition coefficient (Wildman–Crippen LogP) is -0.429. The Hall–Kier alpha value is -3.20. The number of benzene rings is 1. The topological polar surface area (TPSA) is 202 Å². The summed E-state index contributed by atoms with van der Waals surface area (Å²) >= 11 is 0. The molecule has 2 aliphatic heterocycles. The number of aliphatic hydroxyl groups excluding tert-OH is 4. The average molecular weight is 541 g/mol. The largest absolute Gasteiger partial charge is 0.504 e. The van der Waals surface area contributed by atoms with Crippen molar-refractivity contribution in [1.82, 2.24) is 0 Å². The Kier molecular flexibility index (Phi) is 10.1. The Morgan fingerprint density at radius 2 is 1.84 bits per heavy atom. The summed E-state index contributed by atoms with van der Waals surface area (Å²) in [5.41, 5.74) is 0.945. The highest BCUT2D eigenvalue weighted by Gasteiger charge is 2.47. The van der Waals surface area contributed by atoms with Gasteiger partial charge < -0.3 is 54.3 Å². The van der Waals surface area contributed by atoms with Crippen LogP contribution in [0.4, 0.5) is 0 Å². The maximum Gasteiger partial charge on any atom is 0.337 e. The van der Waals surface area contributed by atoms with Crippen LogP contribution in [0.15, 0.2) is 41.7 Å². The molecule has 0 aliphatic carbocycles. The van der Waals surface area contributed by atoms with E-state index < -0.39 is 61.5 Å². The molecule has 0 bridgehead atoms. The van der Waals surface area contributed by atoms with Gasteiger partial charge in [0.25, 0.3) is 0 Å². The van der Waals surface area contributed by atoms with Crippen LogP contribution in [-0.2, 0) is 39.7 Å². The lowest BCUT2D eigenvalue weighted by atomic mass is 9.86. The molecule has 3 unspecified atom stereocenters. The highest BCUT2D eigenvalue weighted by molar-refractivity contribution is 5.90. The van der Waals surface area contributed by atoms with Crippen LogP contribution in [0, 0.1) is 11.8 Å². The van der Waals surface area contributed by atoms with Crippen LogP contribution in [-0.4, -0.2) is 94.0 Å². The maximum atomic E-state index is 12.7. The molecule has 6 N–H and O–H groups in total. The molecule has 2 heterocycles. The Morgan fingerprint density at radius 1 is 1.11 bits per heavy atom. The van der Waals surface area contributed by atoms with Crippen molar-refractivity contribution in [3.8, 4) is 11.5 Å². The summed E-state index contributed by atoms with van der Waals surface area (Å²) in [7, 11) is 1.17. The van der Waals surface area contributed by atoms with Gasteiger partial charge in [-0.2, -0.15) is 0 Å². The molecule has 13 heteroatoms. The van der Waals surface area contributed by atoms with Gasteiger partial charge in [-0.1, -0.05) is 12.1 Å². The summed E-state index contributed by atoms with van der Waals surface area (Å²) in [5.74, 6) is -4.02. The molecule has 7 atom stereocenters. The molecule has 1 saturated heterocycles. The number of carbonyl (C=O) groups excluding carboxylic acids is 2. The zero-order valence-corrected chi connectivity index (χ0v) is 20.8. The van der Waals surface area contributed by atoms with Crippen molar-refractivity contribution in [2.24, 2.45) is 11.8 Å². The van der Waals surface area contributed by atoms with Crippen LogP contribution in [0.3, 0.4) is 0 Å². The summed E-state index contributed by atoms with van der Waals surface area (Å²) in [6.07, 6.45) is -5.10. The molecule has 3 rings (SSSR count). The van der Waals surface area contributed by atoms with Crippen molar-refractivity contribution in [3.63, 3.8) is 0 Å². The second kappa shape index (κ2) is 13.0. The zero-order chi connectivity index (χ0) is 28.0. The molecular formula is C25H32O13. The van der Waals surface area contributed by atoms with Gasteiger partial charge in [0.1, 0.15) is 6.10 Å². The van der Waals surface area contributed by atoms with Gasteiger partial charge in [-0.15, -0.1) is 0 Å². The molecule has 1 aromatic carbocycles. The van der Waals surface area contributed by atoms with E-state index in [1.807, 2.05) is 0 Å². The summed E-state index contributed by atoms with van der Waals surface area (Å²) in [6, 6.07) is 4.23. The zero-order valence-electron chi connectivity index (χ0n) is 20.8. The average Bonchev–Trinajstić information content (AvgIpc) is 2.89. The van der Waals surface area contributed by atoms with Gasteiger partial charge >= 0.3 is 11.9 Å². The minimum atomic E-state index is -1.79. The first-order valence-electron chi connectivity index (χ1n) is 11.8. The minimum Gasteiger partial charge on any atom is -0.504 e. The molecule has 0 radical (unpaired) electrons. The highest BCUT2D eigenvalue weighted by Crippen LogP contribution is 2.37. The maximum absolute atomic E-state index is 12.7. The lowest BCUT2D eigenvalue weighted by molar-refractivity contribution is -0.352. The number of rotatable bonds is 9. The number of ether oxygens (including phenoxy) is 5. The third kappa shape index (κ3) is 6.62. The lowest BCUT2D eigenvalue weighted by Gasteiger charge is -2.42. The molecule has 1 fully saturated rings. The van der Waals surface area contributed by atoms with Crippen molar-refractivity contribution < 1.29 is 63.9 Å². The molecule has 0 saturated carbocycles. The second-order valence-electron chi connectivity index (χ2n) is 8.73. The number of allylic oxidation sites excluding steroid dienone is 1. The van der Waals surface area contributed by atoms with Gasteiger partial charge in [0, 0.05) is 17.9 Å². The van der Waals surface area contributed by atoms with Gasteiger partial charge in [0.2, 0.25) is 6.29 Å². The van der Waals surface area contributed by atoms with Crippen LogP contribution in [0.2, 0.25) is 0 Å². The molecular weight excluding hydrogens is 508 g/mol. The van der Waals surface area contributed by atoms with Crippen LogP contribution < -0.4 is 0 Å². The van der Waals surface area contributed by atoms with Gasteiger partial charge in [-0.25, -0.2) is 4.79 Å². The van der Waals surface area contributed by atoms with E-state index in [1.165, 1.54) is 19.2 Å². The summed E-state index contributed by atoms with van der Waals surface area (Å²) in [5, 5.41) is 58.6. The molecule has 38 heavy (non-hydrogen) atoms. The molecule has 0 aromatic heterocycles. The van der Waals surface area contributed by atoms with Crippen LogP contribution in [0.1, 0.15) is 18.9 Å². The third-order valence-corrected chi connectivity index (χ3v) is 6.36. The molecule has 13 nitrogen and oxygen atoms in total. The normalized spacial score (nSPS) is 30.3. The van der Waals surface area contributed by atoms with Gasteiger partial charge in [-0.3, -0.25) is 4.79 Å². The van der Waals surface area contributed by atoms with Gasteiger partial charge in [0.15, 0.2) is 24.1 Å². The Bertz CT molecular complexity index is 1050. The number of aliphatic hydroxyl groups is 4. The van der Waals surface area contributed by atoms with Crippen molar-refractivity contribution in [2.45, 2.75) is 50.8 Å². The first-order chi connectivity index (χ1) is 18.1. The fraction of sp³-hybridized carbons (Fsp3) is 0.520.